The first-order chi connectivity index (χ1) is 7.83. The molecule has 1 aromatic heterocycles. The van der Waals surface area contributed by atoms with Gasteiger partial charge in [0, 0.05) is 12.2 Å². The number of nitrogens with zero attached hydrogens (tertiary/aromatic N) is 3. The number of ether oxygens (including phenoxy) is 1. The highest BCUT2D eigenvalue weighted by molar-refractivity contribution is 5.05. The van der Waals surface area contributed by atoms with Crippen LogP contribution in [0.3, 0.4) is 0 Å². The fraction of sp³-hybridized carbons (Fsp3) is 0.818. The van der Waals surface area contributed by atoms with E-state index in [1.807, 2.05) is 4.68 Å². The van der Waals surface area contributed by atoms with E-state index in [1.165, 1.54) is 0 Å². The molecular formula is C11H18N4O. The number of nitrogens with two attached hydrogens (primary N) is 1. The Labute approximate surface area is 95.0 Å². The molecule has 0 radical (unpaired) electrons. The molecule has 3 rings (SSSR count). The van der Waals surface area contributed by atoms with Gasteiger partial charge < -0.3 is 10.5 Å². The van der Waals surface area contributed by atoms with Gasteiger partial charge in [-0.1, -0.05) is 5.21 Å². The molecule has 1 saturated heterocycles. The van der Waals surface area contributed by atoms with Crippen LogP contribution in [0, 0.1) is 0 Å². The van der Waals surface area contributed by atoms with Crippen LogP contribution in [-0.4, -0.2) is 34.2 Å². The molecule has 88 valence electrons. The van der Waals surface area contributed by atoms with Crippen molar-refractivity contribution in [3.8, 4) is 0 Å². The number of aromatic nitrogens is 3. The smallest absolute Gasteiger partial charge is 0.0904 e. The molecule has 16 heavy (non-hydrogen) atoms. The Kier molecular flexibility index (Phi) is 2.65. The average Bonchev–Trinajstić information content (AvgIpc) is 2.65. The van der Waals surface area contributed by atoms with Crippen LogP contribution >= 0.6 is 0 Å². The molecule has 0 atom stereocenters. The van der Waals surface area contributed by atoms with Gasteiger partial charge in [-0.3, -0.25) is 0 Å². The van der Waals surface area contributed by atoms with Gasteiger partial charge in [0.2, 0.25) is 0 Å². The fourth-order valence-electron chi connectivity index (χ4n) is 2.43. The molecule has 2 aliphatic rings. The fourth-order valence-corrected chi connectivity index (χ4v) is 2.43. The van der Waals surface area contributed by atoms with Crippen LogP contribution in [0.1, 0.15) is 43.3 Å². The van der Waals surface area contributed by atoms with Crippen molar-refractivity contribution in [2.24, 2.45) is 5.73 Å². The minimum absolute atomic E-state index is 0.388. The lowest BCUT2D eigenvalue weighted by molar-refractivity contribution is 0.00665. The van der Waals surface area contributed by atoms with Gasteiger partial charge in [0.15, 0.2) is 0 Å². The van der Waals surface area contributed by atoms with Gasteiger partial charge in [0.1, 0.15) is 0 Å². The summed E-state index contributed by atoms with van der Waals surface area (Å²) in [5.74, 6) is 0.472. The van der Waals surface area contributed by atoms with Crippen molar-refractivity contribution in [3.63, 3.8) is 0 Å². The van der Waals surface area contributed by atoms with E-state index in [0.717, 1.165) is 44.6 Å². The van der Waals surface area contributed by atoms with Crippen molar-refractivity contribution in [2.45, 2.75) is 43.7 Å². The summed E-state index contributed by atoms with van der Waals surface area (Å²) in [5.41, 5.74) is 6.98. The SMILES string of the molecule is N[C@H]1CC[C@H](n2cc(C3COC3)nn2)CC1. The van der Waals surface area contributed by atoms with Gasteiger partial charge in [0.25, 0.3) is 0 Å². The van der Waals surface area contributed by atoms with Gasteiger partial charge in [-0.05, 0) is 25.7 Å². The Morgan fingerprint density at radius 1 is 1.25 bits per heavy atom. The Hall–Kier alpha value is -0.940. The lowest BCUT2D eigenvalue weighted by Gasteiger charge is -2.26. The van der Waals surface area contributed by atoms with Crippen LogP contribution in [0.5, 0.6) is 0 Å². The van der Waals surface area contributed by atoms with Crippen LogP contribution in [0.4, 0.5) is 0 Å². The highest BCUT2D eigenvalue weighted by Crippen LogP contribution is 2.28. The highest BCUT2D eigenvalue weighted by Gasteiger charge is 2.26. The van der Waals surface area contributed by atoms with Gasteiger partial charge in [-0.2, -0.15) is 0 Å². The van der Waals surface area contributed by atoms with E-state index in [0.29, 0.717) is 18.0 Å². The molecule has 0 amide bonds. The Balaban J connectivity index is 1.67. The molecule has 5 heteroatoms. The molecule has 1 aliphatic carbocycles. The van der Waals surface area contributed by atoms with Crippen molar-refractivity contribution in [1.82, 2.24) is 15.0 Å². The monoisotopic (exact) mass is 222 g/mol. The summed E-state index contributed by atoms with van der Waals surface area (Å²) in [7, 11) is 0. The molecule has 0 aromatic carbocycles. The maximum atomic E-state index is 5.90. The topological polar surface area (TPSA) is 66.0 Å². The average molecular weight is 222 g/mol. The zero-order chi connectivity index (χ0) is 11.0. The zero-order valence-electron chi connectivity index (χ0n) is 9.38. The molecule has 1 aromatic rings. The first kappa shape index (κ1) is 10.2. The molecule has 2 heterocycles. The molecule has 0 spiro atoms. The number of rotatable bonds is 2. The third kappa shape index (κ3) is 1.85. The summed E-state index contributed by atoms with van der Waals surface area (Å²) in [6, 6.07) is 0.890. The largest absolute Gasteiger partial charge is 0.380 e. The molecule has 2 fully saturated rings. The van der Waals surface area contributed by atoms with Crippen molar-refractivity contribution >= 4 is 0 Å². The number of hydrogen-bond donors (Lipinski definition) is 1. The standard InChI is InChI=1S/C11H18N4O/c12-9-1-3-10(4-2-9)15-5-11(13-14-15)8-6-16-7-8/h5,8-10H,1-4,6-7,12H2/t9-,10-. The predicted molar refractivity (Wildman–Crippen MR) is 59.1 cm³/mol. The van der Waals surface area contributed by atoms with E-state index in [1.54, 1.807) is 0 Å². The summed E-state index contributed by atoms with van der Waals surface area (Å²) in [4.78, 5) is 0. The molecule has 1 aliphatic heterocycles. The zero-order valence-corrected chi connectivity index (χ0v) is 9.38. The third-order valence-corrected chi connectivity index (χ3v) is 3.70. The van der Waals surface area contributed by atoms with Gasteiger partial charge in [-0.25, -0.2) is 4.68 Å². The summed E-state index contributed by atoms with van der Waals surface area (Å²) in [6.45, 7) is 1.60. The Morgan fingerprint density at radius 3 is 2.62 bits per heavy atom. The van der Waals surface area contributed by atoms with Crippen molar-refractivity contribution in [3.05, 3.63) is 11.9 Å². The van der Waals surface area contributed by atoms with Crippen LogP contribution in [0.15, 0.2) is 6.20 Å². The molecule has 0 bridgehead atoms. The first-order valence-corrected chi connectivity index (χ1v) is 6.08. The third-order valence-electron chi connectivity index (χ3n) is 3.70. The molecule has 1 saturated carbocycles. The van der Waals surface area contributed by atoms with Gasteiger partial charge in [-0.15, -0.1) is 5.10 Å². The van der Waals surface area contributed by atoms with Crippen LogP contribution in [0.2, 0.25) is 0 Å². The second kappa shape index (κ2) is 4.14. The quantitative estimate of drug-likeness (QED) is 0.805. The van der Waals surface area contributed by atoms with E-state index in [-0.39, 0.29) is 0 Å². The van der Waals surface area contributed by atoms with E-state index in [4.69, 9.17) is 10.5 Å². The van der Waals surface area contributed by atoms with Crippen molar-refractivity contribution in [2.75, 3.05) is 13.2 Å². The van der Waals surface area contributed by atoms with E-state index in [2.05, 4.69) is 16.5 Å². The lowest BCUT2D eigenvalue weighted by atomic mass is 9.92. The molecule has 0 unspecified atom stereocenters. The Bertz CT molecular complexity index is 353. The van der Waals surface area contributed by atoms with Gasteiger partial charge in [0.05, 0.1) is 30.9 Å². The molecular weight excluding hydrogens is 204 g/mol. The molecule has 5 nitrogen and oxygen atoms in total. The number of hydrogen-bond acceptors (Lipinski definition) is 4. The summed E-state index contributed by atoms with van der Waals surface area (Å²) in [6.07, 6.45) is 6.56. The van der Waals surface area contributed by atoms with E-state index >= 15 is 0 Å². The summed E-state index contributed by atoms with van der Waals surface area (Å²) in [5, 5.41) is 8.47. The van der Waals surface area contributed by atoms with Crippen LogP contribution < -0.4 is 5.73 Å². The summed E-state index contributed by atoms with van der Waals surface area (Å²) < 4.78 is 7.19. The van der Waals surface area contributed by atoms with E-state index in [9.17, 15) is 0 Å². The second-order valence-corrected chi connectivity index (χ2v) is 4.93. The van der Waals surface area contributed by atoms with E-state index < -0.39 is 0 Å². The highest BCUT2D eigenvalue weighted by atomic mass is 16.5. The van der Waals surface area contributed by atoms with Crippen LogP contribution in [0.25, 0.3) is 0 Å². The Morgan fingerprint density at radius 2 is 2.00 bits per heavy atom. The second-order valence-electron chi connectivity index (χ2n) is 4.93. The first-order valence-electron chi connectivity index (χ1n) is 6.08. The van der Waals surface area contributed by atoms with Crippen molar-refractivity contribution in [1.29, 1.82) is 0 Å². The predicted octanol–water partition coefficient (Wildman–Crippen LogP) is 0.834. The normalized spacial score (nSPS) is 31.3. The summed E-state index contributed by atoms with van der Waals surface area (Å²) >= 11 is 0. The molecule has 2 N–H and O–H groups in total. The van der Waals surface area contributed by atoms with Crippen LogP contribution in [-0.2, 0) is 4.74 Å². The maximum Gasteiger partial charge on any atom is 0.0904 e. The van der Waals surface area contributed by atoms with Gasteiger partial charge >= 0.3 is 0 Å². The maximum absolute atomic E-state index is 5.90. The minimum atomic E-state index is 0.388. The van der Waals surface area contributed by atoms with Crippen molar-refractivity contribution < 1.29 is 4.74 Å². The minimum Gasteiger partial charge on any atom is -0.380 e. The lowest BCUT2D eigenvalue weighted by Crippen LogP contribution is -2.28.